The van der Waals surface area contributed by atoms with Crippen LogP contribution in [0.5, 0.6) is 0 Å². The molecule has 1 aliphatic heterocycles. The molecule has 26 heavy (non-hydrogen) atoms. The number of hydrogen-bond acceptors (Lipinski definition) is 5. The van der Waals surface area contributed by atoms with Crippen LogP contribution in [0.2, 0.25) is 0 Å². The molecule has 0 N–H and O–H groups in total. The van der Waals surface area contributed by atoms with Crippen molar-refractivity contribution >= 4 is 0 Å². The van der Waals surface area contributed by atoms with E-state index in [1.54, 1.807) is 28.6 Å². The molecule has 2 aliphatic rings. The van der Waals surface area contributed by atoms with Gasteiger partial charge in [-0.3, -0.25) is 19.5 Å². The maximum atomic E-state index is 12.1. The second-order valence-electron chi connectivity index (χ2n) is 7.57. The predicted molar refractivity (Wildman–Crippen MR) is 98.0 cm³/mol. The first kappa shape index (κ1) is 17.1. The lowest BCUT2D eigenvalue weighted by molar-refractivity contribution is 0.160. The Kier molecular flexibility index (Phi) is 4.72. The lowest BCUT2D eigenvalue weighted by Crippen LogP contribution is -2.37. The van der Waals surface area contributed by atoms with Crippen LogP contribution in [-0.4, -0.2) is 37.3 Å². The predicted octanol–water partition coefficient (Wildman–Crippen LogP) is 1.13. The Morgan fingerprint density at radius 3 is 2.54 bits per heavy atom. The van der Waals surface area contributed by atoms with Crippen LogP contribution < -0.4 is 11.1 Å². The largest absolute Gasteiger partial charge is 0.312 e. The number of rotatable bonds is 5. The van der Waals surface area contributed by atoms with Gasteiger partial charge in [-0.2, -0.15) is 5.10 Å². The lowest BCUT2D eigenvalue weighted by atomic mass is 9.96. The van der Waals surface area contributed by atoms with Gasteiger partial charge in [-0.05, 0) is 50.8 Å². The fraction of sp³-hybridized carbons (Fsp3) is 0.579. The third-order valence-electron chi connectivity index (χ3n) is 5.58. The van der Waals surface area contributed by atoms with Crippen LogP contribution in [0.15, 0.2) is 34.1 Å². The summed E-state index contributed by atoms with van der Waals surface area (Å²) < 4.78 is 3.32. The minimum Gasteiger partial charge on any atom is -0.312 e. The zero-order chi connectivity index (χ0) is 18.1. The summed E-state index contributed by atoms with van der Waals surface area (Å²) in [5, 5.41) is 4.58. The van der Waals surface area contributed by atoms with Crippen LogP contribution in [0, 0.1) is 5.92 Å². The first-order valence-electron chi connectivity index (χ1n) is 9.40. The van der Waals surface area contributed by atoms with Gasteiger partial charge in [0.2, 0.25) is 0 Å². The zero-order valence-corrected chi connectivity index (χ0v) is 15.2. The van der Waals surface area contributed by atoms with Gasteiger partial charge < -0.3 is 4.57 Å². The molecule has 1 saturated heterocycles. The number of hydrogen-bond donors (Lipinski definition) is 0. The smallest absolute Gasteiger partial charge is 0.268 e. The van der Waals surface area contributed by atoms with Crippen molar-refractivity contribution in [2.24, 2.45) is 13.0 Å². The average Bonchev–Trinajstić information content (AvgIpc) is 3.48. The summed E-state index contributed by atoms with van der Waals surface area (Å²) in [4.78, 5) is 30.2. The second-order valence-corrected chi connectivity index (χ2v) is 7.57. The minimum atomic E-state index is -0.0709. The van der Waals surface area contributed by atoms with E-state index in [4.69, 9.17) is 0 Å². The van der Waals surface area contributed by atoms with Crippen molar-refractivity contribution in [1.82, 2.24) is 24.2 Å². The van der Waals surface area contributed by atoms with E-state index in [2.05, 4.69) is 15.0 Å². The van der Waals surface area contributed by atoms with E-state index in [1.165, 1.54) is 19.0 Å². The number of likely N-dealkylation sites (tertiary alicyclic amines) is 1. The molecule has 7 heteroatoms. The molecule has 0 atom stereocenters. The van der Waals surface area contributed by atoms with Crippen molar-refractivity contribution in [2.75, 3.05) is 13.1 Å². The fourth-order valence-electron chi connectivity index (χ4n) is 3.64. The summed E-state index contributed by atoms with van der Waals surface area (Å²) in [5.74, 6) is 1.04. The summed E-state index contributed by atoms with van der Waals surface area (Å²) in [5.41, 5.74) is 1.94. The molecule has 0 unspecified atom stereocenters. The zero-order valence-electron chi connectivity index (χ0n) is 15.2. The molecule has 7 nitrogen and oxygen atoms in total. The van der Waals surface area contributed by atoms with Gasteiger partial charge in [0.25, 0.3) is 11.1 Å². The second kappa shape index (κ2) is 7.15. The van der Waals surface area contributed by atoms with Crippen molar-refractivity contribution in [1.29, 1.82) is 0 Å². The molecule has 2 fully saturated rings. The van der Waals surface area contributed by atoms with Gasteiger partial charge in [0, 0.05) is 38.3 Å². The molecule has 0 radical (unpaired) electrons. The van der Waals surface area contributed by atoms with Gasteiger partial charge in [-0.25, -0.2) is 4.68 Å². The molecular formula is C19H25N5O2. The van der Waals surface area contributed by atoms with E-state index in [-0.39, 0.29) is 11.1 Å². The third-order valence-corrected chi connectivity index (χ3v) is 5.58. The topological polar surface area (TPSA) is 73.0 Å². The normalized spacial score (nSPS) is 19.0. The number of nitrogens with zero attached hydrogens (tertiary/aromatic N) is 5. The van der Waals surface area contributed by atoms with Crippen molar-refractivity contribution < 1.29 is 0 Å². The van der Waals surface area contributed by atoms with Gasteiger partial charge in [0.05, 0.1) is 17.6 Å². The molecular weight excluding hydrogens is 330 g/mol. The van der Waals surface area contributed by atoms with Crippen LogP contribution in [-0.2, 0) is 20.1 Å². The Bertz CT molecular complexity index is 891. The van der Waals surface area contributed by atoms with E-state index in [0.29, 0.717) is 18.4 Å². The molecule has 2 aromatic rings. The molecule has 3 heterocycles. The van der Waals surface area contributed by atoms with Crippen molar-refractivity contribution in [3.8, 4) is 0 Å². The van der Waals surface area contributed by atoms with Crippen molar-refractivity contribution in [3.05, 3.63) is 56.6 Å². The maximum Gasteiger partial charge on any atom is 0.268 e. The molecule has 0 aromatic carbocycles. The van der Waals surface area contributed by atoms with E-state index in [0.717, 1.165) is 43.9 Å². The average molecular weight is 355 g/mol. The quantitative estimate of drug-likeness (QED) is 0.804. The van der Waals surface area contributed by atoms with Gasteiger partial charge >= 0.3 is 0 Å². The third kappa shape index (κ3) is 3.77. The summed E-state index contributed by atoms with van der Waals surface area (Å²) >= 11 is 0. The first-order valence-corrected chi connectivity index (χ1v) is 9.40. The molecule has 0 spiro atoms. The lowest BCUT2D eigenvalue weighted by Gasteiger charge is -2.32. The molecule has 0 amide bonds. The fourth-order valence-corrected chi connectivity index (χ4v) is 3.64. The molecule has 1 aliphatic carbocycles. The van der Waals surface area contributed by atoms with Crippen LogP contribution in [0.3, 0.4) is 0 Å². The number of piperidine rings is 1. The Labute approximate surface area is 152 Å². The Balaban J connectivity index is 1.35. The summed E-state index contributed by atoms with van der Waals surface area (Å²) in [7, 11) is 1.79. The molecule has 2 aromatic heterocycles. The summed E-state index contributed by atoms with van der Waals surface area (Å²) in [6, 6.07) is 3.55. The van der Waals surface area contributed by atoms with E-state index >= 15 is 0 Å². The van der Waals surface area contributed by atoms with Crippen molar-refractivity contribution in [3.63, 3.8) is 0 Å². The highest BCUT2D eigenvalue weighted by Gasteiger charge is 2.26. The Hall–Kier alpha value is -2.28. The van der Waals surface area contributed by atoms with Crippen LogP contribution in [0.1, 0.15) is 43.0 Å². The van der Waals surface area contributed by atoms with Gasteiger partial charge in [0.15, 0.2) is 0 Å². The van der Waals surface area contributed by atoms with Crippen LogP contribution in [0.4, 0.5) is 0 Å². The first-order chi connectivity index (χ1) is 12.6. The highest BCUT2D eigenvalue weighted by Crippen LogP contribution is 2.38. The standard InChI is InChI=1S/C19H25N5O2/c1-22-16(10-20-11-19(22)26)13-23-8-6-14(7-9-23)12-24-18(25)5-4-17(21-24)15-2-3-15/h4-5,10-11,14-15H,2-3,6-9,12-13H2,1H3. The maximum absolute atomic E-state index is 12.1. The van der Waals surface area contributed by atoms with Crippen LogP contribution in [0.25, 0.3) is 0 Å². The van der Waals surface area contributed by atoms with E-state index in [9.17, 15) is 9.59 Å². The summed E-state index contributed by atoms with van der Waals surface area (Å²) in [6.07, 6.45) is 7.57. The summed E-state index contributed by atoms with van der Waals surface area (Å²) in [6.45, 7) is 3.37. The van der Waals surface area contributed by atoms with E-state index < -0.39 is 0 Å². The van der Waals surface area contributed by atoms with Gasteiger partial charge in [0.1, 0.15) is 0 Å². The van der Waals surface area contributed by atoms with Crippen molar-refractivity contribution in [2.45, 2.75) is 44.7 Å². The van der Waals surface area contributed by atoms with Gasteiger partial charge in [-0.15, -0.1) is 0 Å². The monoisotopic (exact) mass is 355 g/mol. The highest BCUT2D eigenvalue weighted by molar-refractivity contribution is 5.12. The van der Waals surface area contributed by atoms with Crippen LogP contribution >= 0.6 is 0 Å². The number of aromatic nitrogens is 4. The molecule has 1 saturated carbocycles. The minimum absolute atomic E-state index is 0.00203. The van der Waals surface area contributed by atoms with E-state index in [1.807, 2.05) is 6.07 Å². The SMILES string of the molecule is Cn1c(CN2CCC(Cn3nc(C4CC4)ccc3=O)CC2)cncc1=O. The Morgan fingerprint density at radius 2 is 1.81 bits per heavy atom. The molecule has 138 valence electrons. The highest BCUT2D eigenvalue weighted by atomic mass is 16.1. The molecule has 4 rings (SSSR count). The Morgan fingerprint density at radius 1 is 1.04 bits per heavy atom. The molecule has 0 bridgehead atoms. The van der Waals surface area contributed by atoms with Gasteiger partial charge in [-0.1, -0.05) is 0 Å².